The van der Waals surface area contributed by atoms with Gasteiger partial charge in [-0.2, -0.15) is 0 Å². The van der Waals surface area contributed by atoms with E-state index in [0.717, 1.165) is 16.7 Å². The van der Waals surface area contributed by atoms with E-state index in [1.807, 2.05) is 6.92 Å². The fraction of sp³-hybridized carbons (Fsp3) is 0.208. The third-order valence-corrected chi connectivity index (χ3v) is 5.66. The number of amides is 3. The van der Waals surface area contributed by atoms with E-state index in [-0.39, 0.29) is 11.7 Å². The van der Waals surface area contributed by atoms with Crippen LogP contribution in [0.2, 0.25) is 0 Å². The largest absolute Gasteiger partial charge is 0.490 e. The lowest BCUT2D eigenvalue weighted by Crippen LogP contribution is -2.36. The molecule has 0 aliphatic carbocycles. The summed E-state index contributed by atoms with van der Waals surface area (Å²) in [5.74, 6) is 1.11. The number of hydrogen-bond donors (Lipinski definition) is 1. The molecule has 0 bridgehead atoms. The van der Waals surface area contributed by atoms with Crippen molar-refractivity contribution >= 4 is 40.6 Å². The lowest BCUT2D eigenvalue weighted by molar-refractivity contribution is -0.127. The average molecular weight is 483 g/mol. The summed E-state index contributed by atoms with van der Waals surface area (Å²) in [6.45, 7) is 5.95. The van der Waals surface area contributed by atoms with E-state index < -0.39 is 23.6 Å². The van der Waals surface area contributed by atoms with Gasteiger partial charge in [-0.1, -0.05) is 18.7 Å². The minimum absolute atomic E-state index is 0.118. The maximum Gasteiger partial charge on any atom is 0.294 e. The summed E-state index contributed by atoms with van der Waals surface area (Å²) in [5, 5.41) is 2.14. The van der Waals surface area contributed by atoms with Gasteiger partial charge in [0, 0.05) is 11.8 Å². The molecule has 2 aliphatic rings. The lowest BCUT2D eigenvalue weighted by Gasteiger charge is -2.13. The van der Waals surface area contributed by atoms with Crippen LogP contribution in [0.1, 0.15) is 12.5 Å². The van der Waals surface area contributed by atoms with Crippen LogP contribution in [0.3, 0.4) is 0 Å². The molecular formula is C24H22N2O7S. The molecular weight excluding hydrogens is 460 g/mol. The van der Waals surface area contributed by atoms with Gasteiger partial charge >= 0.3 is 0 Å². The van der Waals surface area contributed by atoms with Gasteiger partial charge in [-0.15, -0.1) is 0 Å². The van der Waals surface area contributed by atoms with Crippen molar-refractivity contribution in [1.29, 1.82) is 0 Å². The van der Waals surface area contributed by atoms with E-state index in [2.05, 4.69) is 11.9 Å². The third kappa shape index (κ3) is 5.18. The van der Waals surface area contributed by atoms with Crippen LogP contribution in [-0.4, -0.2) is 48.5 Å². The first-order valence-corrected chi connectivity index (χ1v) is 11.3. The number of nitrogens with one attached hydrogen (secondary N) is 1. The van der Waals surface area contributed by atoms with E-state index >= 15 is 0 Å². The molecule has 4 rings (SSSR count). The molecule has 3 amide bonds. The zero-order chi connectivity index (χ0) is 24.1. The fourth-order valence-electron chi connectivity index (χ4n) is 3.26. The Hall–Kier alpha value is -3.92. The summed E-state index contributed by atoms with van der Waals surface area (Å²) in [6.07, 6.45) is 3.21. The number of hydrogen-bond acceptors (Lipinski definition) is 8. The molecule has 0 spiro atoms. The second kappa shape index (κ2) is 10.3. The van der Waals surface area contributed by atoms with Crippen LogP contribution in [0.25, 0.3) is 6.08 Å². The molecule has 2 aromatic carbocycles. The van der Waals surface area contributed by atoms with Crippen LogP contribution in [0, 0.1) is 0 Å². The zero-order valence-corrected chi connectivity index (χ0v) is 19.2. The highest BCUT2D eigenvalue weighted by atomic mass is 32.2. The number of nitrogens with zero attached hydrogens (tertiary/aromatic N) is 1. The van der Waals surface area contributed by atoms with Gasteiger partial charge in [-0.05, 0) is 54.6 Å². The van der Waals surface area contributed by atoms with Gasteiger partial charge in [-0.25, -0.2) is 0 Å². The molecule has 1 N–H and O–H groups in total. The van der Waals surface area contributed by atoms with Gasteiger partial charge in [0.15, 0.2) is 23.0 Å². The predicted molar refractivity (Wildman–Crippen MR) is 127 cm³/mol. The highest BCUT2D eigenvalue weighted by molar-refractivity contribution is 8.18. The van der Waals surface area contributed by atoms with E-state index in [9.17, 15) is 14.4 Å². The maximum absolute atomic E-state index is 12.8. The van der Waals surface area contributed by atoms with Gasteiger partial charge in [0.25, 0.3) is 11.1 Å². The third-order valence-electron chi connectivity index (χ3n) is 4.75. The zero-order valence-electron chi connectivity index (χ0n) is 18.4. The summed E-state index contributed by atoms with van der Waals surface area (Å²) in [7, 11) is 0. The van der Waals surface area contributed by atoms with Crippen molar-refractivity contribution in [3.63, 3.8) is 0 Å². The number of anilines is 1. The Bertz CT molecular complexity index is 1180. The first-order valence-electron chi connectivity index (χ1n) is 10.4. The van der Waals surface area contributed by atoms with E-state index in [0.29, 0.717) is 47.5 Å². The number of fused-ring (bicyclic) bond motifs is 1. The lowest BCUT2D eigenvalue weighted by atomic mass is 10.2. The van der Waals surface area contributed by atoms with Crippen LogP contribution in [-0.2, 0) is 9.59 Å². The molecule has 0 atom stereocenters. The topological polar surface area (TPSA) is 103 Å². The Morgan fingerprint density at radius 1 is 1.15 bits per heavy atom. The number of imide groups is 1. The summed E-state index contributed by atoms with van der Waals surface area (Å²) in [5.41, 5.74) is 1.13. The summed E-state index contributed by atoms with van der Waals surface area (Å²) < 4.78 is 21.7. The van der Waals surface area contributed by atoms with Crippen LogP contribution < -0.4 is 24.3 Å². The molecule has 9 nitrogen and oxygen atoms in total. The van der Waals surface area contributed by atoms with Crippen molar-refractivity contribution in [2.24, 2.45) is 0 Å². The molecule has 0 saturated carbocycles. The Morgan fingerprint density at radius 2 is 1.97 bits per heavy atom. The highest BCUT2D eigenvalue weighted by Gasteiger charge is 2.36. The number of rotatable bonds is 9. The van der Waals surface area contributed by atoms with Gasteiger partial charge < -0.3 is 24.3 Å². The summed E-state index contributed by atoms with van der Waals surface area (Å²) in [4.78, 5) is 38.8. The molecule has 0 unspecified atom stereocenters. The van der Waals surface area contributed by atoms with Gasteiger partial charge in [0.05, 0.1) is 11.5 Å². The minimum atomic E-state index is -0.541. The fourth-order valence-corrected chi connectivity index (χ4v) is 4.10. The number of thioether (sulfide) groups is 1. The van der Waals surface area contributed by atoms with Crippen molar-refractivity contribution in [1.82, 2.24) is 4.90 Å². The van der Waals surface area contributed by atoms with E-state index in [1.165, 1.54) is 0 Å². The Labute approximate surface area is 200 Å². The quantitative estimate of drug-likeness (QED) is 0.422. The first kappa shape index (κ1) is 23.2. The van der Waals surface area contributed by atoms with Crippen LogP contribution in [0.5, 0.6) is 23.0 Å². The van der Waals surface area contributed by atoms with Gasteiger partial charge in [-0.3, -0.25) is 19.3 Å². The van der Waals surface area contributed by atoms with Crippen LogP contribution >= 0.6 is 11.8 Å². The Balaban J connectivity index is 1.44. The Morgan fingerprint density at radius 3 is 2.76 bits per heavy atom. The predicted octanol–water partition coefficient (Wildman–Crippen LogP) is 4.05. The van der Waals surface area contributed by atoms with Crippen LogP contribution in [0.4, 0.5) is 10.5 Å². The molecule has 10 heteroatoms. The van der Waals surface area contributed by atoms with Crippen molar-refractivity contribution in [3.05, 3.63) is 59.5 Å². The van der Waals surface area contributed by atoms with Crippen molar-refractivity contribution in [3.8, 4) is 23.0 Å². The standard InChI is InChI=1S/C24H22N2O7S/c1-3-9-31-17-7-5-15(10-19(17)30-4-2)11-21-23(28)26(24(29)34-21)13-22(27)25-16-6-8-18-20(12-16)33-14-32-18/h3,5-8,10-12H,1,4,9,13-14H2,2H3,(H,25,27)/b21-11+. The monoisotopic (exact) mass is 482 g/mol. The number of carbonyl (C=O) groups is 3. The first-order chi connectivity index (χ1) is 16.5. The SMILES string of the molecule is C=CCOc1ccc(/C=C2/SC(=O)N(CC(=O)Nc3ccc4c(c3)OCO4)C2=O)cc1OCC. The Kier molecular flexibility index (Phi) is 7.07. The van der Waals surface area contributed by atoms with Crippen molar-refractivity contribution < 1.29 is 33.3 Å². The van der Waals surface area contributed by atoms with Gasteiger partial charge in [0.1, 0.15) is 13.2 Å². The number of carbonyl (C=O) groups excluding carboxylic acids is 3. The second-order valence-corrected chi connectivity index (χ2v) is 8.12. The molecule has 0 aromatic heterocycles. The van der Waals surface area contributed by atoms with Gasteiger partial charge in [0.2, 0.25) is 12.7 Å². The van der Waals surface area contributed by atoms with E-state index in [1.54, 1.807) is 48.6 Å². The highest BCUT2D eigenvalue weighted by Crippen LogP contribution is 2.36. The molecule has 34 heavy (non-hydrogen) atoms. The molecule has 1 saturated heterocycles. The molecule has 1 fully saturated rings. The second-order valence-electron chi connectivity index (χ2n) is 7.12. The molecule has 2 heterocycles. The maximum atomic E-state index is 12.8. The van der Waals surface area contributed by atoms with Crippen molar-refractivity contribution in [2.75, 3.05) is 31.9 Å². The molecule has 176 valence electrons. The van der Waals surface area contributed by atoms with Crippen molar-refractivity contribution in [2.45, 2.75) is 6.92 Å². The van der Waals surface area contributed by atoms with E-state index in [4.69, 9.17) is 18.9 Å². The smallest absolute Gasteiger partial charge is 0.294 e. The minimum Gasteiger partial charge on any atom is -0.490 e. The number of ether oxygens (including phenoxy) is 4. The summed E-state index contributed by atoms with van der Waals surface area (Å²) in [6, 6.07) is 10.1. The number of benzene rings is 2. The van der Waals surface area contributed by atoms with Crippen LogP contribution in [0.15, 0.2) is 54.0 Å². The molecule has 2 aromatic rings. The normalized spacial score (nSPS) is 15.6. The summed E-state index contributed by atoms with van der Waals surface area (Å²) >= 11 is 0.775. The molecule has 2 aliphatic heterocycles. The average Bonchev–Trinajstić information content (AvgIpc) is 3.38. The molecule has 0 radical (unpaired) electrons.